The number of benzene rings is 2. The number of hydrogen-bond donors (Lipinski definition) is 0. The number of allylic oxidation sites excluding steroid dienone is 1. The summed E-state index contributed by atoms with van der Waals surface area (Å²) in [6.07, 6.45) is 14.2. The second-order valence-electron chi connectivity index (χ2n) is 12.4. The molecule has 0 aromatic heterocycles. The van der Waals surface area contributed by atoms with Crippen LogP contribution in [-0.4, -0.2) is 13.2 Å². The summed E-state index contributed by atoms with van der Waals surface area (Å²) in [6, 6.07) is 13.1. The van der Waals surface area contributed by atoms with Crippen molar-refractivity contribution in [1.82, 2.24) is 0 Å². The van der Waals surface area contributed by atoms with Crippen LogP contribution in [0.5, 0.6) is 11.5 Å². The number of ether oxygens (including phenoxy) is 2. The fourth-order valence-corrected chi connectivity index (χ4v) is 4.93. The monoisotopic (exact) mass is 520 g/mol. The molecule has 2 heteroatoms. The van der Waals surface area contributed by atoms with Gasteiger partial charge in [-0.25, -0.2) is 0 Å². The third kappa shape index (κ3) is 12.1. The van der Waals surface area contributed by atoms with E-state index < -0.39 is 0 Å². The SMILES string of the molecule is CC=Cc1ccc(-c2ccc(C)cc2OCCC(C)CCCC(C)C)c(OCCC(C)CCCC(C)C)c1. The average molecular weight is 521 g/mol. The number of hydrogen-bond acceptors (Lipinski definition) is 2. The summed E-state index contributed by atoms with van der Waals surface area (Å²) < 4.78 is 12.9. The van der Waals surface area contributed by atoms with E-state index in [-0.39, 0.29) is 0 Å². The van der Waals surface area contributed by atoms with Crippen LogP contribution < -0.4 is 9.47 Å². The van der Waals surface area contributed by atoms with Crippen LogP contribution in [0, 0.1) is 30.6 Å². The second-order valence-corrected chi connectivity index (χ2v) is 12.4. The van der Waals surface area contributed by atoms with Gasteiger partial charge in [-0.15, -0.1) is 0 Å². The predicted molar refractivity (Wildman–Crippen MR) is 167 cm³/mol. The molecule has 0 saturated heterocycles. The largest absolute Gasteiger partial charge is 0.493 e. The van der Waals surface area contributed by atoms with E-state index >= 15 is 0 Å². The van der Waals surface area contributed by atoms with Crippen LogP contribution in [0.2, 0.25) is 0 Å². The number of aryl methyl sites for hydroxylation is 1. The lowest BCUT2D eigenvalue weighted by atomic mass is 9.97. The lowest BCUT2D eigenvalue weighted by Gasteiger charge is -2.19. The first kappa shape index (κ1) is 32.0. The van der Waals surface area contributed by atoms with Crippen molar-refractivity contribution in [2.45, 2.75) is 107 Å². The van der Waals surface area contributed by atoms with Gasteiger partial charge in [0, 0.05) is 11.1 Å². The zero-order valence-corrected chi connectivity index (χ0v) is 25.8. The highest BCUT2D eigenvalue weighted by molar-refractivity contribution is 5.77. The molecule has 2 aromatic carbocycles. The van der Waals surface area contributed by atoms with E-state index in [4.69, 9.17) is 9.47 Å². The Bertz CT molecular complexity index is 956. The Kier molecular flexibility index (Phi) is 14.6. The van der Waals surface area contributed by atoms with Gasteiger partial charge >= 0.3 is 0 Å². The molecule has 0 aliphatic rings. The molecule has 2 unspecified atom stereocenters. The molecule has 0 radical (unpaired) electrons. The fraction of sp³-hybridized carbons (Fsp3) is 0.611. The molecule has 0 aliphatic carbocycles. The molecule has 0 bridgehead atoms. The Morgan fingerprint density at radius 1 is 0.632 bits per heavy atom. The van der Waals surface area contributed by atoms with Crippen molar-refractivity contribution in [2.24, 2.45) is 23.7 Å². The van der Waals surface area contributed by atoms with Crippen LogP contribution in [0.25, 0.3) is 17.2 Å². The summed E-state index contributed by atoms with van der Waals surface area (Å²) in [6.45, 7) is 19.6. The van der Waals surface area contributed by atoms with Crippen LogP contribution in [0.3, 0.4) is 0 Å². The van der Waals surface area contributed by atoms with Gasteiger partial charge in [-0.2, -0.15) is 0 Å². The van der Waals surface area contributed by atoms with Crippen molar-refractivity contribution in [2.75, 3.05) is 13.2 Å². The summed E-state index contributed by atoms with van der Waals surface area (Å²) in [5, 5.41) is 0. The zero-order valence-electron chi connectivity index (χ0n) is 25.8. The van der Waals surface area contributed by atoms with Crippen molar-refractivity contribution in [1.29, 1.82) is 0 Å². The first-order valence-corrected chi connectivity index (χ1v) is 15.3. The summed E-state index contributed by atoms with van der Waals surface area (Å²) in [4.78, 5) is 0. The molecular formula is C36H56O2. The molecule has 2 aromatic rings. The highest BCUT2D eigenvalue weighted by atomic mass is 16.5. The van der Waals surface area contributed by atoms with Crippen LogP contribution in [0.1, 0.15) is 111 Å². The van der Waals surface area contributed by atoms with Gasteiger partial charge < -0.3 is 9.47 Å². The van der Waals surface area contributed by atoms with Crippen molar-refractivity contribution in [3.8, 4) is 22.6 Å². The van der Waals surface area contributed by atoms with E-state index in [0.717, 1.165) is 60.5 Å². The molecule has 0 saturated carbocycles. The van der Waals surface area contributed by atoms with E-state index in [2.05, 4.69) is 104 Å². The molecule has 0 N–H and O–H groups in total. The molecule has 212 valence electrons. The molecule has 38 heavy (non-hydrogen) atoms. The van der Waals surface area contributed by atoms with Crippen molar-refractivity contribution < 1.29 is 9.47 Å². The molecule has 0 fully saturated rings. The minimum atomic E-state index is 0.678. The van der Waals surface area contributed by atoms with Crippen molar-refractivity contribution in [3.63, 3.8) is 0 Å². The quantitative estimate of drug-likeness (QED) is 0.194. The zero-order chi connectivity index (χ0) is 27.9. The van der Waals surface area contributed by atoms with Gasteiger partial charge in [0.15, 0.2) is 0 Å². The van der Waals surface area contributed by atoms with Gasteiger partial charge in [0.25, 0.3) is 0 Å². The first-order valence-electron chi connectivity index (χ1n) is 15.3. The van der Waals surface area contributed by atoms with E-state index in [1.807, 2.05) is 0 Å². The molecule has 0 heterocycles. The molecule has 2 nitrogen and oxygen atoms in total. The minimum absolute atomic E-state index is 0.678. The molecule has 0 aliphatic heterocycles. The van der Waals surface area contributed by atoms with Gasteiger partial charge in [0.2, 0.25) is 0 Å². The van der Waals surface area contributed by atoms with E-state index in [0.29, 0.717) is 11.8 Å². The Morgan fingerprint density at radius 3 is 1.63 bits per heavy atom. The van der Waals surface area contributed by atoms with Gasteiger partial charge in [-0.05, 0) is 79.7 Å². The maximum absolute atomic E-state index is 6.48. The highest BCUT2D eigenvalue weighted by Gasteiger charge is 2.15. The molecule has 2 atom stereocenters. The molecule has 0 spiro atoms. The second kappa shape index (κ2) is 17.4. The maximum Gasteiger partial charge on any atom is 0.127 e. The lowest BCUT2D eigenvalue weighted by molar-refractivity contribution is 0.273. The lowest BCUT2D eigenvalue weighted by Crippen LogP contribution is -2.07. The molecule has 0 amide bonds. The van der Waals surface area contributed by atoms with Crippen LogP contribution in [0.4, 0.5) is 0 Å². The van der Waals surface area contributed by atoms with Gasteiger partial charge in [-0.3, -0.25) is 0 Å². The normalized spacial score (nSPS) is 13.4. The predicted octanol–water partition coefficient (Wildman–Crippen LogP) is 11.2. The van der Waals surface area contributed by atoms with E-state index in [1.54, 1.807) is 0 Å². The Balaban J connectivity index is 2.12. The summed E-state index contributed by atoms with van der Waals surface area (Å²) >= 11 is 0. The third-order valence-electron chi connectivity index (χ3n) is 7.49. The van der Waals surface area contributed by atoms with Crippen LogP contribution in [-0.2, 0) is 0 Å². The third-order valence-corrected chi connectivity index (χ3v) is 7.49. The van der Waals surface area contributed by atoms with Gasteiger partial charge in [-0.1, -0.05) is 110 Å². The summed E-state index contributed by atoms with van der Waals surface area (Å²) in [5.74, 6) is 4.85. The Labute approximate surface area is 235 Å². The van der Waals surface area contributed by atoms with Crippen LogP contribution >= 0.6 is 0 Å². The average Bonchev–Trinajstić information content (AvgIpc) is 2.84. The topological polar surface area (TPSA) is 18.5 Å². The molecular weight excluding hydrogens is 464 g/mol. The van der Waals surface area contributed by atoms with Crippen molar-refractivity contribution >= 4 is 6.08 Å². The summed E-state index contributed by atoms with van der Waals surface area (Å²) in [5.41, 5.74) is 4.62. The first-order chi connectivity index (χ1) is 18.2. The maximum atomic E-state index is 6.48. The minimum Gasteiger partial charge on any atom is -0.493 e. The Hall–Kier alpha value is -2.22. The Morgan fingerprint density at radius 2 is 1.13 bits per heavy atom. The van der Waals surface area contributed by atoms with Crippen LogP contribution in [0.15, 0.2) is 42.5 Å². The fourth-order valence-electron chi connectivity index (χ4n) is 4.93. The van der Waals surface area contributed by atoms with E-state index in [1.165, 1.54) is 49.7 Å². The smallest absolute Gasteiger partial charge is 0.127 e. The summed E-state index contributed by atoms with van der Waals surface area (Å²) in [7, 11) is 0. The van der Waals surface area contributed by atoms with E-state index in [9.17, 15) is 0 Å². The van der Waals surface area contributed by atoms with Gasteiger partial charge in [0.05, 0.1) is 13.2 Å². The highest BCUT2D eigenvalue weighted by Crippen LogP contribution is 2.38. The van der Waals surface area contributed by atoms with Crippen molar-refractivity contribution in [3.05, 3.63) is 53.6 Å². The number of rotatable bonds is 18. The standard InChI is InChI=1S/C36H56O2/c1-9-12-32-18-20-34(36(26-32)38-24-22-30(7)16-11-14-28(4)5)33-19-17-31(8)25-35(33)37-23-21-29(6)15-10-13-27(2)3/h9,12,17-20,25-30H,10-11,13-16,21-24H2,1-8H3. The van der Waals surface area contributed by atoms with Gasteiger partial charge in [0.1, 0.15) is 11.5 Å². The molecule has 2 rings (SSSR count).